The molecule has 8 aromatic rings. The van der Waals surface area contributed by atoms with Crippen LogP contribution >= 0.6 is 0 Å². The van der Waals surface area contributed by atoms with Gasteiger partial charge >= 0.3 is 0 Å². The lowest BCUT2D eigenvalue weighted by Crippen LogP contribution is -2.37. The van der Waals surface area contributed by atoms with Gasteiger partial charge in [0.05, 0.1) is 49.2 Å². The highest BCUT2D eigenvalue weighted by atomic mass is 28.3. The van der Waals surface area contributed by atoms with E-state index in [0.717, 1.165) is 0 Å². The average molecular weight is 716 g/mol. The Hall–Kier alpha value is -6.23. The average Bonchev–Trinajstić information content (AvgIpc) is 1.41. The van der Waals surface area contributed by atoms with Gasteiger partial charge in [-0.3, -0.25) is 0 Å². The van der Waals surface area contributed by atoms with Crippen molar-refractivity contribution in [3.63, 3.8) is 0 Å². The van der Waals surface area contributed by atoms with Crippen LogP contribution in [0.2, 0.25) is 19.6 Å². The largest absolute Gasteiger partial charge is 0.208 e. The summed E-state index contributed by atoms with van der Waals surface area (Å²) in [6.45, 7) is 5.29. The molecule has 52 heavy (non-hydrogen) atoms. The lowest BCUT2D eigenvalue weighted by molar-refractivity contribution is 1.07. The van der Waals surface area contributed by atoms with Crippen LogP contribution in [-0.2, 0) is 0 Å². The van der Waals surface area contributed by atoms with Gasteiger partial charge in [-0.15, -0.1) is 0 Å². The Labute approximate surface area is 349 Å². The van der Waals surface area contributed by atoms with Crippen molar-refractivity contribution in [3.05, 3.63) is 181 Å². The molecular weight excluding hydrogens is 647 g/mol. The van der Waals surface area contributed by atoms with Gasteiger partial charge in [0.15, 0.2) is 17.5 Å². The fourth-order valence-electron chi connectivity index (χ4n) is 4.58. The van der Waals surface area contributed by atoms with E-state index < -0.39 is 268 Å². The zero-order valence-corrected chi connectivity index (χ0v) is 28.3. The molecule has 4 heteroatoms. The molecule has 0 amide bonds. The Morgan fingerprint density at radius 3 is 1.08 bits per heavy atom. The minimum absolute atomic E-state index is 0.0995. The van der Waals surface area contributed by atoms with Crippen LogP contribution in [-0.4, -0.2) is 23.0 Å². The van der Waals surface area contributed by atoms with Crippen molar-refractivity contribution in [2.75, 3.05) is 0 Å². The van der Waals surface area contributed by atoms with Crippen molar-refractivity contribution in [1.82, 2.24) is 15.0 Å². The van der Waals surface area contributed by atoms with Crippen LogP contribution in [0.4, 0.5) is 0 Å². The molecule has 0 aliphatic carbocycles. The molecule has 8 rings (SSSR count). The lowest BCUT2D eigenvalue weighted by atomic mass is 9.95. The number of aromatic nitrogens is 3. The van der Waals surface area contributed by atoms with Crippen LogP contribution in [0.3, 0.4) is 0 Å². The van der Waals surface area contributed by atoms with E-state index in [1.165, 1.54) is 0 Å². The van der Waals surface area contributed by atoms with Gasteiger partial charge in [-0.05, 0) is 62.6 Å². The highest BCUT2D eigenvalue weighted by molar-refractivity contribution is 6.88. The van der Waals surface area contributed by atoms with Gasteiger partial charge in [0.1, 0.15) is 0 Å². The quantitative estimate of drug-likeness (QED) is 0.147. The summed E-state index contributed by atoms with van der Waals surface area (Å²) in [5.74, 6) is -2.84. The van der Waals surface area contributed by atoms with E-state index in [9.17, 15) is 4.11 Å². The van der Waals surface area contributed by atoms with Crippen LogP contribution in [0.5, 0.6) is 0 Å². The van der Waals surface area contributed by atoms with Gasteiger partial charge in [0.2, 0.25) is 0 Å². The third kappa shape index (κ3) is 7.16. The molecule has 0 saturated heterocycles. The van der Waals surface area contributed by atoms with Gasteiger partial charge in [0.25, 0.3) is 0 Å². The van der Waals surface area contributed by atoms with E-state index in [4.69, 9.17) is 37.0 Å². The predicted molar refractivity (Wildman–Crippen MR) is 221 cm³/mol. The van der Waals surface area contributed by atoms with Crippen LogP contribution in [0, 0.1) is 0 Å². The Balaban J connectivity index is 1.48. The molecule has 3 nitrogen and oxygen atoms in total. The third-order valence-electron chi connectivity index (χ3n) is 7.18. The fraction of sp³-hybridized carbons (Fsp3) is 0.0625. The third-order valence-corrected chi connectivity index (χ3v) is 8.93. The summed E-state index contributed by atoms with van der Waals surface area (Å²) < 4.78 is 266. The van der Waals surface area contributed by atoms with E-state index in [0.29, 0.717) is 0 Å². The standard InChI is InChI=1S/C48H39N3Si/c1-52(2,3)45-29-27-36(28-30-45)39-17-10-18-40(31-39)41-19-11-20-42(32-41)43-21-12-22-44(33-43)48-50-46(37-15-8-5-9-16-37)49-47(51-48)38-25-23-35(24-26-38)34-13-6-4-7-14-34/h4-33H,1-3H3/i4D,5D,6D,7D,8D,9D,10D,11D,12D,13D,14D,15D,16D,17D,18D,19D,20D,21D,22D,23D,24D,25D,26D,27D,28D,29D,30D,31D,32D,33D. The maximum Gasteiger partial charge on any atom is 0.164 e. The Bertz CT molecular complexity index is 4100. The summed E-state index contributed by atoms with van der Waals surface area (Å²) in [6.07, 6.45) is 0. The predicted octanol–water partition coefficient (Wildman–Crippen LogP) is 12.1. The molecule has 0 fully saturated rings. The summed E-state index contributed by atoms with van der Waals surface area (Å²) in [6, 6.07) is -28.4. The highest BCUT2D eigenvalue weighted by Gasteiger charge is 2.16. The Kier molecular flexibility index (Phi) is 3.65. The summed E-state index contributed by atoms with van der Waals surface area (Å²) in [5.41, 5.74) is -9.18. The summed E-state index contributed by atoms with van der Waals surface area (Å²) in [4.78, 5) is 12.7. The highest BCUT2D eigenvalue weighted by Crippen LogP contribution is 2.32. The zero-order valence-electron chi connectivity index (χ0n) is 57.3. The van der Waals surface area contributed by atoms with E-state index in [2.05, 4.69) is 15.0 Å². The topological polar surface area (TPSA) is 38.7 Å². The Morgan fingerprint density at radius 1 is 0.308 bits per heavy atom. The molecule has 7 aromatic carbocycles. The molecule has 0 saturated carbocycles. The SMILES string of the molecule is [2H]c1c([2H])c([2H])c(-c2nc(-c3c([2H])c([2H])c(-c4c([2H])c([2H])c([2H])c([2H])c4[2H])c([2H])c3[2H])nc(-c3c([2H])c([2H])c([2H])c(-c4c([2H])c([2H])c([2H])c(-c5c([2H])c([2H])c([2H])c(-c6c([2H])c([2H])c([Si](C)(C)C)c([2H])c6[2H])c5[2H])c4[2H])c3[2H])n2)c([2H])c1[2H]. The van der Waals surface area contributed by atoms with Gasteiger partial charge < -0.3 is 0 Å². The zero-order chi connectivity index (χ0) is 61.6. The molecular formula is C48H39N3Si. The molecule has 0 spiro atoms. The number of hydrogen-bond acceptors (Lipinski definition) is 3. The van der Waals surface area contributed by atoms with Crippen molar-refractivity contribution in [3.8, 4) is 78.7 Å². The first-order chi connectivity index (χ1) is 37.9. The van der Waals surface area contributed by atoms with Gasteiger partial charge in [0, 0.05) is 16.7 Å². The molecule has 0 aliphatic heterocycles. The van der Waals surface area contributed by atoms with Crippen molar-refractivity contribution in [2.24, 2.45) is 0 Å². The first kappa shape index (κ1) is 13.4. The molecule has 0 unspecified atom stereocenters. The van der Waals surface area contributed by atoms with Crippen molar-refractivity contribution < 1.29 is 41.1 Å². The monoisotopic (exact) mass is 715 g/mol. The van der Waals surface area contributed by atoms with E-state index >= 15 is 0 Å². The molecule has 0 aliphatic rings. The minimum Gasteiger partial charge on any atom is -0.208 e. The molecule has 250 valence electrons. The second-order valence-electron chi connectivity index (χ2n) is 11.8. The van der Waals surface area contributed by atoms with Crippen LogP contribution in [0.15, 0.2) is 181 Å². The number of rotatable bonds is 8. The normalized spacial score (nSPS) is 19.4. The smallest absolute Gasteiger partial charge is 0.164 e. The summed E-state index contributed by atoms with van der Waals surface area (Å²) in [7, 11) is -2.62. The molecule has 1 aromatic heterocycles. The molecule has 0 bridgehead atoms. The van der Waals surface area contributed by atoms with Crippen molar-refractivity contribution in [1.29, 1.82) is 0 Å². The summed E-state index contributed by atoms with van der Waals surface area (Å²) >= 11 is 0. The van der Waals surface area contributed by atoms with Crippen LogP contribution in [0.1, 0.15) is 41.1 Å². The van der Waals surface area contributed by atoms with Crippen LogP contribution in [0.25, 0.3) is 78.7 Å². The van der Waals surface area contributed by atoms with Crippen molar-refractivity contribution in [2.45, 2.75) is 19.6 Å². The lowest BCUT2D eigenvalue weighted by Gasteiger charge is -2.17. The maximum absolute atomic E-state index is 9.66. The number of benzene rings is 7. The van der Waals surface area contributed by atoms with Crippen LogP contribution < -0.4 is 5.19 Å². The second kappa shape index (κ2) is 14.2. The van der Waals surface area contributed by atoms with Crippen molar-refractivity contribution >= 4 is 13.3 Å². The van der Waals surface area contributed by atoms with Gasteiger partial charge in [-0.25, -0.2) is 15.0 Å². The minimum atomic E-state index is -2.62. The summed E-state index contributed by atoms with van der Waals surface area (Å²) in [5, 5.41) is 0.0995. The maximum atomic E-state index is 9.66. The first-order valence-corrected chi connectivity index (χ1v) is 18.8. The van der Waals surface area contributed by atoms with Gasteiger partial charge in [-0.1, -0.05) is 188 Å². The number of hydrogen-bond donors (Lipinski definition) is 0. The fourth-order valence-corrected chi connectivity index (χ4v) is 5.45. The van der Waals surface area contributed by atoms with E-state index in [-0.39, 0.29) is 5.19 Å². The Morgan fingerprint density at radius 2 is 0.596 bits per heavy atom. The molecule has 0 N–H and O–H groups in total. The second-order valence-corrected chi connectivity index (χ2v) is 16.8. The van der Waals surface area contributed by atoms with Gasteiger partial charge in [-0.2, -0.15) is 0 Å². The number of nitrogens with zero attached hydrogens (tertiary/aromatic N) is 3. The first-order valence-electron chi connectivity index (χ1n) is 30.3. The van der Waals surface area contributed by atoms with E-state index in [1.54, 1.807) is 19.6 Å². The molecule has 0 radical (unpaired) electrons. The molecule has 1 heterocycles. The van der Waals surface area contributed by atoms with E-state index in [1.807, 2.05) is 0 Å². The molecule has 0 atom stereocenters.